The largest absolute Gasteiger partial charge is 0.310 e. The molecule has 1 aromatic carbocycles. The quantitative estimate of drug-likeness (QED) is 0.463. The molecular weight excluding hydrogens is 436 g/mol. The van der Waals surface area contributed by atoms with E-state index in [0.29, 0.717) is 29.3 Å². The Kier molecular flexibility index (Phi) is 5.45. The van der Waals surface area contributed by atoms with Crippen LogP contribution in [-0.4, -0.2) is 22.4 Å². The summed E-state index contributed by atoms with van der Waals surface area (Å²) in [7, 11) is -4.05. The number of benzene rings is 1. The topological polar surface area (TPSA) is 97.3 Å². The molecule has 0 saturated heterocycles. The summed E-state index contributed by atoms with van der Waals surface area (Å²) in [5, 5.41) is 9.24. The molecule has 1 N–H and O–H groups in total. The summed E-state index contributed by atoms with van der Waals surface area (Å²) in [5.74, 6) is 0. The fourth-order valence-electron chi connectivity index (χ4n) is 3.50. The van der Waals surface area contributed by atoms with Crippen LogP contribution in [-0.2, 0) is 16.4 Å². The van der Waals surface area contributed by atoms with Gasteiger partial charge in [-0.15, -0.1) is 0 Å². The first-order chi connectivity index (χ1) is 14.7. The van der Waals surface area contributed by atoms with E-state index in [4.69, 9.17) is 17.0 Å². The summed E-state index contributed by atoms with van der Waals surface area (Å²) in [6.45, 7) is 4.24. The van der Waals surface area contributed by atoms with Crippen LogP contribution in [0.4, 0.5) is 0 Å². The van der Waals surface area contributed by atoms with Crippen LogP contribution >= 0.6 is 11.6 Å². The minimum absolute atomic E-state index is 0.0106. The number of nitrogens with zero attached hydrogens (tertiary/aromatic N) is 3. The van der Waals surface area contributed by atoms with Crippen molar-refractivity contribution in [1.82, 2.24) is 14.0 Å². The predicted molar refractivity (Wildman–Crippen MR) is 119 cm³/mol. The number of aryl methyl sites for hydroxylation is 2. The number of sulfone groups is 1. The Hall–Kier alpha value is -2.97. The van der Waals surface area contributed by atoms with Gasteiger partial charge in [0.25, 0.3) is 5.56 Å². The van der Waals surface area contributed by atoms with Crippen LogP contribution in [0.1, 0.15) is 25.3 Å². The highest BCUT2D eigenvalue weighted by molar-refractivity contribution is 7.91. The maximum Gasteiger partial charge on any atom is 0.267 e. The molecule has 9 heteroatoms. The van der Waals surface area contributed by atoms with Gasteiger partial charge in [0.15, 0.2) is 0 Å². The van der Waals surface area contributed by atoms with Crippen LogP contribution < -0.4 is 11.0 Å². The third-order valence-electron chi connectivity index (χ3n) is 5.17. The first-order valence-electron chi connectivity index (χ1n) is 9.86. The lowest BCUT2D eigenvalue weighted by Gasteiger charge is -2.15. The van der Waals surface area contributed by atoms with Gasteiger partial charge in [-0.25, -0.2) is 13.4 Å². The van der Waals surface area contributed by atoms with E-state index in [1.54, 1.807) is 12.3 Å². The summed E-state index contributed by atoms with van der Waals surface area (Å²) in [6.07, 6.45) is 3.22. The molecule has 0 spiro atoms. The van der Waals surface area contributed by atoms with Crippen LogP contribution in [0, 0.1) is 12.3 Å². The monoisotopic (exact) mass is 456 g/mol. The first kappa shape index (κ1) is 21.3. The van der Waals surface area contributed by atoms with E-state index in [-0.39, 0.29) is 26.2 Å². The number of hydrogen-bond acceptors (Lipinski definition) is 5. The lowest BCUT2D eigenvalue weighted by Crippen LogP contribution is -2.30. The Balaban J connectivity index is 2.11. The van der Waals surface area contributed by atoms with Crippen molar-refractivity contribution >= 4 is 38.1 Å². The number of nitrogens with one attached hydrogen (secondary N) is 1. The van der Waals surface area contributed by atoms with E-state index in [1.165, 1.54) is 39.3 Å². The Labute approximate surface area is 184 Å². The highest BCUT2D eigenvalue weighted by Gasteiger charge is 2.24. The Morgan fingerprint density at radius 2 is 1.84 bits per heavy atom. The van der Waals surface area contributed by atoms with Gasteiger partial charge in [0.1, 0.15) is 21.7 Å². The molecule has 31 heavy (non-hydrogen) atoms. The molecule has 3 heterocycles. The van der Waals surface area contributed by atoms with Gasteiger partial charge in [-0.1, -0.05) is 31.0 Å². The van der Waals surface area contributed by atoms with E-state index in [0.717, 1.165) is 12.0 Å². The molecule has 0 atom stereocenters. The lowest BCUT2D eigenvalue weighted by atomic mass is 10.2. The van der Waals surface area contributed by atoms with Gasteiger partial charge in [0, 0.05) is 17.8 Å². The highest BCUT2D eigenvalue weighted by Crippen LogP contribution is 2.22. The van der Waals surface area contributed by atoms with Gasteiger partial charge < -0.3 is 4.57 Å². The maximum absolute atomic E-state index is 13.4. The fraction of sp³-hybridized carbons (Fsp3) is 0.227. The maximum atomic E-state index is 13.4. The molecule has 0 unspecified atom stereocenters. The van der Waals surface area contributed by atoms with Gasteiger partial charge in [-0.3, -0.25) is 14.6 Å². The van der Waals surface area contributed by atoms with Crippen molar-refractivity contribution < 1.29 is 8.42 Å². The summed E-state index contributed by atoms with van der Waals surface area (Å²) in [6, 6.07) is 10.6. The molecule has 0 aliphatic carbocycles. The molecule has 4 rings (SSSR count). The Bertz CT molecular complexity index is 1540. The average Bonchev–Trinajstić information content (AvgIpc) is 2.74. The normalized spacial score (nSPS) is 12.0. The number of hydrogen-bond donors (Lipinski definition) is 1. The van der Waals surface area contributed by atoms with E-state index < -0.39 is 9.84 Å². The smallest absolute Gasteiger partial charge is 0.267 e. The van der Waals surface area contributed by atoms with Crippen molar-refractivity contribution in [2.75, 3.05) is 0 Å². The van der Waals surface area contributed by atoms with Crippen molar-refractivity contribution in [3.63, 3.8) is 0 Å². The molecular formula is C22H21ClN4O3S. The molecule has 0 saturated carbocycles. The zero-order valence-electron chi connectivity index (χ0n) is 17.1. The highest BCUT2D eigenvalue weighted by atomic mass is 35.5. The average molecular weight is 457 g/mol. The molecule has 4 aromatic rings. The second kappa shape index (κ2) is 7.94. The van der Waals surface area contributed by atoms with Gasteiger partial charge in [0.2, 0.25) is 9.84 Å². The molecule has 0 fully saturated rings. The molecule has 0 amide bonds. The Morgan fingerprint density at radius 1 is 1.13 bits per heavy atom. The molecule has 0 bridgehead atoms. The van der Waals surface area contributed by atoms with E-state index in [9.17, 15) is 13.2 Å². The SMILES string of the molecule is CCCCn1c(=N)c(S(=O)(=O)c2ccc(Cl)cc2)cc2c(=O)n3cc(C)ccc3nc21. The van der Waals surface area contributed by atoms with Gasteiger partial charge >= 0.3 is 0 Å². The fourth-order valence-corrected chi connectivity index (χ4v) is 5.01. The number of unbranched alkanes of at least 4 members (excludes halogenated alkanes) is 1. The van der Waals surface area contributed by atoms with Crippen LogP contribution in [0.25, 0.3) is 16.7 Å². The van der Waals surface area contributed by atoms with Gasteiger partial charge in [-0.2, -0.15) is 0 Å². The van der Waals surface area contributed by atoms with Crippen LogP contribution in [0.2, 0.25) is 5.02 Å². The van der Waals surface area contributed by atoms with Gasteiger partial charge in [-0.05, 0) is 55.3 Å². The van der Waals surface area contributed by atoms with Crippen molar-refractivity contribution in [3.05, 3.63) is 75.1 Å². The van der Waals surface area contributed by atoms with E-state index >= 15 is 0 Å². The first-order valence-corrected chi connectivity index (χ1v) is 11.7. The van der Waals surface area contributed by atoms with Crippen LogP contribution in [0.3, 0.4) is 0 Å². The summed E-state index contributed by atoms with van der Waals surface area (Å²) in [5.41, 5.74) is 1.06. The number of aromatic nitrogens is 3. The molecule has 0 aliphatic rings. The Morgan fingerprint density at radius 3 is 2.52 bits per heavy atom. The van der Waals surface area contributed by atoms with Crippen LogP contribution in [0.15, 0.2) is 63.2 Å². The predicted octanol–water partition coefficient (Wildman–Crippen LogP) is 3.72. The molecule has 0 radical (unpaired) electrons. The van der Waals surface area contributed by atoms with E-state index in [1.807, 2.05) is 19.9 Å². The van der Waals surface area contributed by atoms with Gasteiger partial charge in [0.05, 0.1) is 10.3 Å². The molecule has 7 nitrogen and oxygen atoms in total. The summed E-state index contributed by atoms with van der Waals surface area (Å²) < 4.78 is 29.6. The molecule has 0 aliphatic heterocycles. The minimum Gasteiger partial charge on any atom is -0.310 e. The van der Waals surface area contributed by atoms with E-state index in [2.05, 4.69) is 4.98 Å². The van der Waals surface area contributed by atoms with Crippen LogP contribution in [0.5, 0.6) is 0 Å². The second-order valence-electron chi connectivity index (χ2n) is 7.41. The summed E-state index contributed by atoms with van der Waals surface area (Å²) >= 11 is 5.90. The minimum atomic E-state index is -4.05. The standard InChI is InChI=1S/C22H21ClN4O3S/c1-3-4-11-26-20(24)18(31(29,30)16-8-6-15(23)7-9-16)12-17-21(26)25-19-10-5-14(2)13-27(19)22(17)28/h5-10,12-13,24H,3-4,11H2,1-2H3. The third kappa shape index (κ3) is 3.66. The van der Waals surface area contributed by atoms with Crippen molar-refractivity contribution in [2.24, 2.45) is 0 Å². The molecule has 160 valence electrons. The second-order valence-corrected chi connectivity index (χ2v) is 9.76. The zero-order valence-corrected chi connectivity index (χ0v) is 18.7. The summed E-state index contributed by atoms with van der Waals surface area (Å²) in [4.78, 5) is 17.6. The molecule has 3 aromatic heterocycles. The van der Waals surface area contributed by atoms with Crippen molar-refractivity contribution in [1.29, 1.82) is 5.41 Å². The number of rotatable bonds is 5. The number of fused-ring (bicyclic) bond motifs is 2. The van der Waals surface area contributed by atoms with Crippen molar-refractivity contribution in [2.45, 2.75) is 43.0 Å². The lowest BCUT2D eigenvalue weighted by molar-refractivity contribution is 0.580. The number of pyridine rings is 2. The zero-order chi connectivity index (χ0) is 22.3. The van der Waals surface area contributed by atoms with Crippen molar-refractivity contribution in [3.8, 4) is 0 Å². The third-order valence-corrected chi connectivity index (χ3v) is 7.20. The number of halogens is 1.